The zero-order valence-electron chi connectivity index (χ0n) is 16.2. The van der Waals surface area contributed by atoms with Gasteiger partial charge in [0, 0.05) is 12.7 Å². The number of aryl methyl sites for hydroxylation is 2. The maximum Gasteiger partial charge on any atom is 0.343 e. The van der Waals surface area contributed by atoms with E-state index in [0.29, 0.717) is 18.0 Å². The van der Waals surface area contributed by atoms with Gasteiger partial charge < -0.3 is 14.8 Å². The Morgan fingerprint density at radius 1 is 1.15 bits per heavy atom. The number of amides is 2. The summed E-state index contributed by atoms with van der Waals surface area (Å²) < 4.78 is 12.1. The van der Waals surface area contributed by atoms with Crippen LogP contribution >= 0.6 is 0 Å². The van der Waals surface area contributed by atoms with Gasteiger partial charge in [0.25, 0.3) is 0 Å². The van der Waals surface area contributed by atoms with Crippen molar-refractivity contribution >= 4 is 23.5 Å². The number of esters is 1. The number of hydrogen-bond donors (Lipinski definition) is 2. The van der Waals surface area contributed by atoms with Crippen LogP contribution in [-0.4, -0.2) is 35.0 Å². The average molecular weight is 374 g/mol. The van der Waals surface area contributed by atoms with Crippen LogP contribution in [0.3, 0.4) is 0 Å². The maximum absolute atomic E-state index is 12.3. The molecule has 0 radical (unpaired) electrons. The summed E-state index contributed by atoms with van der Waals surface area (Å²) in [4.78, 5) is 24.4. The molecule has 0 saturated heterocycles. The molecule has 1 aromatic carbocycles. The van der Waals surface area contributed by atoms with Crippen molar-refractivity contribution in [3.05, 3.63) is 35.5 Å². The number of carbonyl (C=O) groups excluding carboxylic acids is 2. The fraction of sp³-hybridized carbons (Fsp3) is 0.421. The van der Waals surface area contributed by atoms with Gasteiger partial charge in [0.2, 0.25) is 0 Å². The smallest absolute Gasteiger partial charge is 0.343 e. The second kappa shape index (κ2) is 9.61. The number of rotatable bonds is 8. The van der Waals surface area contributed by atoms with Gasteiger partial charge in [-0.15, -0.1) is 0 Å². The van der Waals surface area contributed by atoms with E-state index in [-0.39, 0.29) is 18.0 Å². The summed E-state index contributed by atoms with van der Waals surface area (Å²) in [5.41, 5.74) is 1.33. The predicted molar refractivity (Wildman–Crippen MR) is 103 cm³/mol. The molecule has 0 atom stereocenters. The van der Waals surface area contributed by atoms with E-state index in [2.05, 4.69) is 22.7 Å². The number of aromatic nitrogens is 2. The summed E-state index contributed by atoms with van der Waals surface area (Å²) in [5.74, 6) is 0.510. The molecule has 27 heavy (non-hydrogen) atoms. The third kappa shape index (κ3) is 5.47. The molecule has 2 amide bonds. The molecule has 1 heterocycles. The summed E-state index contributed by atoms with van der Waals surface area (Å²) in [6.45, 7) is 6.42. The van der Waals surface area contributed by atoms with Crippen molar-refractivity contribution in [2.45, 2.75) is 33.6 Å². The van der Waals surface area contributed by atoms with Gasteiger partial charge in [0.1, 0.15) is 17.1 Å². The Morgan fingerprint density at radius 2 is 1.85 bits per heavy atom. The molecule has 0 saturated carbocycles. The van der Waals surface area contributed by atoms with E-state index >= 15 is 0 Å². The number of carbonyl (C=O) groups is 2. The fourth-order valence-electron chi connectivity index (χ4n) is 2.49. The zero-order chi connectivity index (χ0) is 19.8. The minimum Gasteiger partial charge on any atom is -0.494 e. The number of nitrogens with zero attached hydrogens (tertiary/aromatic N) is 2. The molecule has 1 aromatic heterocycles. The standard InChI is InChI=1S/C19H26N4O4/c1-5-7-12-27-15-10-8-14(9-11-15)20-19(25)21-17-16(18(24)26-6-2)13(3)22-23(17)4/h8-11H,5-7,12H2,1-4H3,(H2,20,21,25). The molecule has 0 spiro atoms. The number of nitrogens with one attached hydrogen (secondary N) is 2. The van der Waals surface area contributed by atoms with E-state index in [1.165, 1.54) is 4.68 Å². The molecule has 0 unspecified atom stereocenters. The van der Waals surface area contributed by atoms with E-state index in [9.17, 15) is 9.59 Å². The topological polar surface area (TPSA) is 94.5 Å². The van der Waals surface area contributed by atoms with Crippen molar-refractivity contribution in [3.63, 3.8) is 0 Å². The van der Waals surface area contributed by atoms with Gasteiger partial charge in [-0.1, -0.05) is 13.3 Å². The molecule has 0 fully saturated rings. The van der Waals surface area contributed by atoms with Gasteiger partial charge in [-0.25, -0.2) is 9.59 Å². The molecular weight excluding hydrogens is 348 g/mol. The predicted octanol–water partition coefficient (Wildman–Crippen LogP) is 3.73. The molecule has 0 bridgehead atoms. The van der Waals surface area contributed by atoms with Gasteiger partial charge in [0.05, 0.1) is 18.9 Å². The summed E-state index contributed by atoms with van der Waals surface area (Å²) >= 11 is 0. The van der Waals surface area contributed by atoms with Crippen LogP contribution in [0, 0.1) is 6.92 Å². The highest BCUT2D eigenvalue weighted by atomic mass is 16.5. The molecule has 0 aliphatic rings. The molecule has 146 valence electrons. The number of urea groups is 1. The van der Waals surface area contributed by atoms with Gasteiger partial charge in [-0.05, 0) is 44.5 Å². The third-order valence-corrected chi connectivity index (χ3v) is 3.81. The molecular formula is C19H26N4O4. The van der Waals surface area contributed by atoms with Crippen molar-refractivity contribution in [1.82, 2.24) is 9.78 Å². The van der Waals surface area contributed by atoms with Crippen LogP contribution in [0.5, 0.6) is 5.75 Å². The van der Waals surface area contributed by atoms with E-state index in [4.69, 9.17) is 9.47 Å². The van der Waals surface area contributed by atoms with E-state index in [1.807, 2.05) is 0 Å². The van der Waals surface area contributed by atoms with Crippen molar-refractivity contribution in [2.75, 3.05) is 23.8 Å². The van der Waals surface area contributed by atoms with Crippen molar-refractivity contribution in [2.24, 2.45) is 7.05 Å². The van der Waals surface area contributed by atoms with Crippen LogP contribution in [0.2, 0.25) is 0 Å². The number of benzene rings is 1. The summed E-state index contributed by atoms with van der Waals surface area (Å²) in [5, 5.41) is 9.56. The van der Waals surface area contributed by atoms with Crippen LogP contribution < -0.4 is 15.4 Å². The Balaban J connectivity index is 2.03. The first-order chi connectivity index (χ1) is 13.0. The highest BCUT2D eigenvalue weighted by molar-refractivity contribution is 6.04. The van der Waals surface area contributed by atoms with Crippen LogP contribution in [0.25, 0.3) is 0 Å². The maximum atomic E-state index is 12.3. The summed E-state index contributed by atoms with van der Waals surface area (Å²) in [6, 6.07) is 6.61. The number of hydrogen-bond acceptors (Lipinski definition) is 5. The monoisotopic (exact) mass is 374 g/mol. The summed E-state index contributed by atoms with van der Waals surface area (Å²) in [6.07, 6.45) is 2.07. The van der Waals surface area contributed by atoms with Crippen molar-refractivity contribution in [1.29, 1.82) is 0 Å². The lowest BCUT2D eigenvalue weighted by Crippen LogP contribution is -2.22. The normalized spacial score (nSPS) is 10.4. The molecule has 2 N–H and O–H groups in total. The quantitative estimate of drug-likeness (QED) is 0.542. The Morgan fingerprint density at radius 3 is 2.48 bits per heavy atom. The summed E-state index contributed by atoms with van der Waals surface area (Å²) in [7, 11) is 1.65. The van der Waals surface area contributed by atoms with Crippen LogP contribution in [0.15, 0.2) is 24.3 Å². The van der Waals surface area contributed by atoms with Crippen LogP contribution in [0.1, 0.15) is 42.7 Å². The first-order valence-corrected chi connectivity index (χ1v) is 8.97. The van der Waals surface area contributed by atoms with Gasteiger partial charge >= 0.3 is 12.0 Å². The SMILES string of the molecule is CCCCOc1ccc(NC(=O)Nc2c(C(=O)OCC)c(C)nn2C)cc1. The first-order valence-electron chi connectivity index (χ1n) is 8.97. The number of anilines is 2. The highest BCUT2D eigenvalue weighted by Crippen LogP contribution is 2.21. The van der Waals surface area contributed by atoms with Gasteiger partial charge in [-0.2, -0.15) is 5.10 Å². The van der Waals surface area contributed by atoms with Gasteiger partial charge in [0.15, 0.2) is 0 Å². The highest BCUT2D eigenvalue weighted by Gasteiger charge is 2.23. The molecule has 2 rings (SSSR count). The second-order valence-corrected chi connectivity index (χ2v) is 5.96. The lowest BCUT2D eigenvalue weighted by atomic mass is 10.2. The Labute approximate surface area is 158 Å². The first kappa shape index (κ1) is 20.3. The third-order valence-electron chi connectivity index (χ3n) is 3.81. The minimum atomic E-state index is -0.521. The Kier molecular flexibility index (Phi) is 7.22. The minimum absolute atomic E-state index is 0.242. The average Bonchev–Trinajstić information content (AvgIpc) is 2.90. The molecule has 0 aliphatic heterocycles. The Bertz CT molecular complexity index is 784. The van der Waals surface area contributed by atoms with Crippen molar-refractivity contribution in [3.8, 4) is 5.75 Å². The lowest BCUT2D eigenvalue weighted by molar-refractivity contribution is 0.0526. The number of unbranched alkanes of at least 4 members (excludes halogenated alkanes) is 1. The van der Waals surface area contributed by atoms with E-state index in [1.54, 1.807) is 45.2 Å². The van der Waals surface area contributed by atoms with Crippen molar-refractivity contribution < 1.29 is 19.1 Å². The molecule has 8 nitrogen and oxygen atoms in total. The van der Waals surface area contributed by atoms with Crippen LogP contribution in [-0.2, 0) is 11.8 Å². The second-order valence-electron chi connectivity index (χ2n) is 5.96. The zero-order valence-corrected chi connectivity index (χ0v) is 16.2. The molecule has 0 aliphatic carbocycles. The lowest BCUT2D eigenvalue weighted by Gasteiger charge is -2.11. The largest absolute Gasteiger partial charge is 0.494 e. The molecule has 2 aromatic rings. The fourth-order valence-corrected chi connectivity index (χ4v) is 2.49. The van der Waals surface area contributed by atoms with E-state index in [0.717, 1.165) is 18.6 Å². The van der Waals surface area contributed by atoms with Crippen LogP contribution in [0.4, 0.5) is 16.3 Å². The number of ether oxygens (including phenoxy) is 2. The molecule has 8 heteroatoms. The Hall–Kier alpha value is -3.03. The van der Waals surface area contributed by atoms with Gasteiger partial charge in [-0.3, -0.25) is 10.00 Å². The van der Waals surface area contributed by atoms with E-state index < -0.39 is 12.0 Å².